The highest BCUT2D eigenvalue weighted by Crippen LogP contribution is 2.11. The fourth-order valence-corrected chi connectivity index (χ4v) is 1.67. The van der Waals surface area contributed by atoms with Crippen LogP contribution in [-0.4, -0.2) is 11.6 Å². The van der Waals surface area contributed by atoms with Crippen LogP contribution in [0, 0.1) is 11.3 Å². The molecule has 0 bridgehead atoms. The Hall–Kier alpha value is -2.34. The number of ether oxygens (including phenoxy) is 1. The Morgan fingerprint density at radius 2 is 2.00 bits per heavy atom. The van der Waals surface area contributed by atoms with Gasteiger partial charge in [-0.15, -0.1) is 0 Å². The molecule has 0 aliphatic rings. The van der Waals surface area contributed by atoms with Gasteiger partial charge < -0.3 is 4.74 Å². The number of hydrogen-bond acceptors (Lipinski definition) is 3. The van der Waals surface area contributed by atoms with E-state index in [1.807, 2.05) is 24.3 Å². The first-order valence-corrected chi connectivity index (χ1v) is 5.91. The van der Waals surface area contributed by atoms with Crippen molar-refractivity contribution in [1.29, 1.82) is 5.26 Å². The van der Waals surface area contributed by atoms with Gasteiger partial charge in [-0.1, -0.05) is 30.3 Å². The van der Waals surface area contributed by atoms with Gasteiger partial charge in [0.2, 0.25) is 0 Å². The largest absolute Gasteiger partial charge is 0.493 e. The van der Waals surface area contributed by atoms with E-state index in [1.165, 1.54) is 5.56 Å². The zero-order valence-corrected chi connectivity index (χ0v) is 10.0. The Morgan fingerprint density at radius 1 is 1.17 bits per heavy atom. The first-order chi connectivity index (χ1) is 8.88. The Morgan fingerprint density at radius 3 is 2.78 bits per heavy atom. The van der Waals surface area contributed by atoms with E-state index < -0.39 is 0 Å². The molecule has 1 aromatic carbocycles. The van der Waals surface area contributed by atoms with Crippen molar-refractivity contribution in [1.82, 2.24) is 4.98 Å². The molecule has 0 aliphatic heterocycles. The predicted molar refractivity (Wildman–Crippen MR) is 69.2 cm³/mol. The maximum atomic E-state index is 8.71. The van der Waals surface area contributed by atoms with Gasteiger partial charge in [0.05, 0.1) is 6.61 Å². The van der Waals surface area contributed by atoms with Crippen LogP contribution in [0.3, 0.4) is 0 Å². The summed E-state index contributed by atoms with van der Waals surface area (Å²) in [5, 5.41) is 8.71. The Bertz CT molecular complexity index is 532. The first-order valence-electron chi connectivity index (χ1n) is 5.91. The summed E-state index contributed by atoms with van der Waals surface area (Å²) in [5.74, 6) is 0.703. The number of aromatic nitrogens is 1. The van der Waals surface area contributed by atoms with E-state index in [2.05, 4.69) is 17.1 Å². The molecule has 18 heavy (non-hydrogen) atoms. The van der Waals surface area contributed by atoms with Crippen molar-refractivity contribution >= 4 is 0 Å². The molecule has 0 saturated heterocycles. The van der Waals surface area contributed by atoms with Gasteiger partial charge in [-0.25, -0.2) is 4.98 Å². The minimum Gasteiger partial charge on any atom is -0.493 e. The van der Waals surface area contributed by atoms with E-state index in [9.17, 15) is 0 Å². The lowest BCUT2D eigenvalue weighted by Gasteiger charge is -2.06. The zero-order chi connectivity index (χ0) is 12.6. The van der Waals surface area contributed by atoms with Gasteiger partial charge in [0.15, 0.2) is 0 Å². The van der Waals surface area contributed by atoms with Gasteiger partial charge in [0, 0.05) is 12.3 Å². The monoisotopic (exact) mass is 238 g/mol. The Balaban J connectivity index is 1.77. The van der Waals surface area contributed by atoms with Crippen molar-refractivity contribution in [3.8, 4) is 11.8 Å². The number of benzene rings is 1. The average molecular weight is 238 g/mol. The van der Waals surface area contributed by atoms with E-state index >= 15 is 0 Å². The molecular weight excluding hydrogens is 224 g/mol. The lowest BCUT2D eigenvalue weighted by molar-refractivity contribution is 0.310. The number of rotatable bonds is 5. The molecule has 2 rings (SSSR count). The summed E-state index contributed by atoms with van der Waals surface area (Å²) in [6.07, 6.45) is 3.54. The molecule has 0 atom stereocenters. The smallest absolute Gasteiger partial charge is 0.144 e. The third-order valence-electron chi connectivity index (χ3n) is 2.57. The second-order valence-corrected chi connectivity index (χ2v) is 3.93. The Labute approximate surface area is 107 Å². The number of nitriles is 1. The van der Waals surface area contributed by atoms with Gasteiger partial charge in [-0.2, -0.15) is 5.26 Å². The fraction of sp³-hybridized carbons (Fsp3) is 0.200. The predicted octanol–water partition coefficient (Wildman–Crippen LogP) is 2.96. The van der Waals surface area contributed by atoms with Gasteiger partial charge in [0.25, 0.3) is 0 Å². The summed E-state index contributed by atoms with van der Waals surface area (Å²) in [6, 6.07) is 15.7. The van der Waals surface area contributed by atoms with Gasteiger partial charge in [0.1, 0.15) is 17.5 Å². The van der Waals surface area contributed by atoms with E-state index in [0.29, 0.717) is 18.1 Å². The highest BCUT2D eigenvalue weighted by molar-refractivity contribution is 5.29. The highest BCUT2D eigenvalue weighted by Gasteiger charge is 1.97. The molecule has 3 heteroatoms. The first kappa shape index (κ1) is 12.1. The fourth-order valence-electron chi connectivity index (χ4n) is 1.67. The van der Waals surface area contributed by atoms with Crippen LogP contribution in [0.1, 0.15) is 17.7 Å². The van der Waals surface area contributed by atoms with Crippen LogP contribution in [0.2, 0.25) is 0 Å². The molecule has 0 spiro atoms. The van der Waals surface area contributed by atoms with Crippen LogP contribution in [0.5, 0.6) is 5.75 Å². The summed E-state index contributed by atoms with van der Waals surface area (Å²) < 4.78 is 5.58. The van der Waals surface area contributed by atoms with Crippen LogP contribution < -0.4 is 4.74 Å². The molecule has 0 radical (unpaired) electrons. The molecule has 1 aromatic heterocycles. The molecule has 0 N–H and O–H groups in total. The summed E-state index contributed by atoms with van der Waals surface area (Å²) in [5.41, 5.74) is 1.70. The van der Waals surface area contributed by atoms with Gasteiger partial charge in [-0.05, 0) is 24.5 Å². The van der Waals surface area contributed by atoms with Crippen molar-refractivity contribution in [2.75, 3.05) is 6.61 Å². The third kappa shape index (κ3) is 3.60. The second kappa shape index (κ2) is 6.41. The highest BCUT2D eigenvalue weighted by atomic mass is 16.5. The van der Waals surface area contributed by atoms with E-state index in [0.717, 1.165) is 12.8 Å². The van der Waals surface area contributed by atoms with Crippen molar-refractivity contribution in [3.63, 3.8) is 0 Å². The Kier molecular flexibility index (Phi) is 4.32. The topological polar surface area (TPSA) is 45.9 Å². The number of aryl methyl sites for hydroxylation is 1. The van der Waals surface area contributed by atoms with E-state index in [1.54, 1.807) is 18.3 Å². The number of hydrogen-bond donors (Lipinski definition) is 0. The number of nitrogens with zero attached hydrogens (tertiary/aromatic N) is 2. The lowest BCUT2D eigenvalue weighted by atomic mass is 10.1. The molecule has 1 heterocycles. The van der Waals surface area contributed by atoms with E-state index in [-0.39, 0.29) is 0 Å². The maximum Gasteiger partial charge on any atom is 0.144 e. The molecule has 0 amide bonds. The van der Waals surface area contributed by atoms with Gasteiger partial charge >= 0.3 is 0 Å². The number of pyridine rings is 1. The molecule has 3 nitrogen and oxygen atoms in total. The van der Waals surface area contributed by atoms with Crippen LogP contribution in [-0.2, 0) is 6.42 Å². The van der Waals surface area contributed by atoms with Crippen LogP contribution in [0.15, 0.2) is 48.7 Å². The lowest BCUT2D eigenvalue weighted by Crippen LogP contribution is -1.99. The van der Waals surface area contributed by atoms with Crippen LogP contribution in [0.25, 0.3) is 0 Å². The minimum absolute atomic E-state index is 0.385. The molecule has 0 unspecified atom stereocenters. The third-order valence-corrected chi connectivity index (χ3v) is 2.57. The van der Waals surface area contributed by atoms with Crippen LogP contribution >= 0.6 is 0 Å². The van der Waals surface area contributed by atoms with Gasteiger partial charge in [-0.3, -0.25) is 0 Å². The molecule has 0 saturated carbocycles. The molecule has 0 fully saturated rings. The molecule has 0 aliphatic carbocycles. The summed E-state index contributed by atoms with van der Waals surface area (Å²) in [4.78, 5) is 3.89. The average Bonchev–Trinajstić information content (AvgIpc) is 2.45. The second-order valence-electron chi connectivity index (χ2n) is 3.93. The van der Waals surface area contributed by atoms with Crippen molar-refractivity contribution in [2.24, 2.45) is 0 Å². The SMILES string of the molecule is N#Cc1cc(OCCCc2ccccc2)ccn1. The zero-order valence-electron chi connectivity index (χ0n) is 10.0. The molecule has 90 valence electrons. The van der Waals surface area contributed by atoms with Crippen molar-refractivity contribution in [2.45, 2.75) is 12.8 Å². The minimum atomic E-state index is 0.385. The summed E-state index contributed by atoms with van der Waals surface area (Å²) in [6.45, 7) is 0.643. The molecular formula is C15H14N2O. The maximum absolute atomic E-state index is 8.71. The van der Waals surface area contributed by atoms with Crippen LogP contribution in [0.4, 0.5) is 0 Å². The summed E-state index contributed by atoms with van der Waals surface area (Å²) >= 11 is 0. The molecule has 2 aromatic rings. The quantitative estimate of drug-likeness (QED) is 0.752. The standard InChI is InChI=1S/C15H14N2O/c16-12-14-11-15(8-9-17-14)18-10-4-7-13-5-2-1-3-6-13/h1-3,5-6,8-9,11H,4,7,10H2. The summed E-state index contributed by atoms with van der Waals surface area (Å²) in [7, 11) is 0. The van der Waals surface area contributed by atoms with Crippen molar-refractivity contribution in [3.05, 3.63) is 59.9 Å². The van der Waals surface area contributed by atoms with Crippen molar-refractivity contribution < 1.29 is 4.74 Å². The van der Waals surface area contributed by atoms with E-state index in [4.69, 9.17) is 10.00 Å². The normalized spacial score (nSPS) is 9.72.